The molecule has 78 valence electrons. The fourth-order valence-electron chi connectivity index (χ4n) is 1.10. The molecule has 0 spiro atoms. The zero-order valence-electron chi connectivity index (χ0n) is 8.84. The van der Waals surface area contributed by atoms with Crippen LogP contribution in [0.25, 0.3) is 0 Å². The lowest BCUT2D eigenvalue weighted by molar-refractivity contribution is -0.152. The minimum Gasteiger partial charge on any atom is -0.352 e. The van der Waals surface area contributed by atoms with Gasteiger partial charge < -0.3 is 9.47 Å². The van der Waals surface area contributed by atoms with Gasteiger partial charge in [-0.1, -0.05) is 6.92 Å². The highest BCUT2D eigenvalue weighted by Crippen LogP contribution is 2.04. The van der Waals surface area contributed by atoms with Crippen LogP contribution in [0.5, 0.6) is 0 Å². The van der Waals surface area contributed by atoms with Crippen LogP contribution in [0.3, 0.4) is 0 Å². The van der Waals surface area contributed by atoms with Crippen molar-refractivity contribution in [1.29, 1.82) is 0 Å². The van der Waals surface area contributed by atoms with Gasteiger partial charge in [-0.3, -0.25) is 4.79 Å². The van der Waals surface area contributed by atoms with Crippen LogP contribution in [0.2, 0.25) is 0 Å². The molecular weight excluding hydrogens is 168 g/mol. The molecule has 0 saturated carbocycles. The Morgan fingerprint density at radius 3 is 2.08 bits per heavy atom. The van der Waals surface area contributed by atoms with Crippen molar-refractivity contribution in [3.05, 3.63) is 0 Å². The van der Waals surface area contributed by atoms with E-state index in [9.17, 15) is 4.79 Å². The summed E-state index contributed by atoms with van der Waals surface area (Å²) >= 11 is 0. The summed E-state index contributed by atoms with van der Waals surface area (Å²) < 4.78 is 10.5. The van der Waals surface area contributed by atoms with Crippen LogP contribution in [0.4, 0.5) is 0 Å². The third-order valence-corrected chi connectivity index (χ3v) is 1.63. The molecule has 0 heterocycles. The molecule has 3 heteroatoms. The van der Waals surface area contributed by atoms with E-state index in [4.69, 9.17) is 9.47 Å². The van der Waals surface area contributed by atoms with Crippen molar-refractivity contribution in [3.63, 3.8) is 0 Å². The summed E-state index contributed by atoms with van der Waals surface area (Å²) in [7, 11) is 0. The van der Waals surface area contributed by atoms with Gasteiger partial charge in [0.2, 0.25) is 0 Å². The summed E-state index contributed by atoms with van der Waals surface area (Å²) in [4.78, 5) is 11.2. The predicted molar refractivity (Wildman–Crippen MR) is 51.6 cm³/mol. The van der Waals surface area contributed by atoms with Crippen LogP contribution in [0.15, 0.2) is 0 Å². The van der Waals surface area contributed by atoms with Crippen LogP contribution in [-0.2, 0) is 14.3 Å². The smallest absolute Gasteiger partial charge is 0.164 e. The summed E-state index contributed by atoms with van der Waals surface area (Å²) in [5, 5.41) is 0. The minimum absolute atomic E-state index is 0.217. The molecule has 0 radical (unpaired) electrons. The minimum atomic E-state index is -0.339. The van der Waals surface area contributed by atoms with E-state index in [0.717, 1.165) is 6.42 Å². The van der Waals surface area contributed by atoms with E-state index >= 15 is 0 Å². The van der Waals surface area contributed by atoms with Gasteiger partial charge in [0.1, 0.15) is 5.78 Å². The van der Waals surface area contributed by atoms with Crippen molar-refractivity contribution in [3.8, 4) is 0 Å². The number of ketones is 1. The number of hydrogen-bond donors (Lipinski definition) is 0. The van der Waals surface area contributed by atoms with Crippen LogP contribution < -0.4 is 0 Å². The first-order valence-corrected chi connectivity index (χ1v) is 4.99. The first-order valence-electron chi connectivity index (χ1n) is 4.99. The summed E-state index contributed by atoms with van der Waals surface area (Å²) in [6.45, 7) is 6.97. The van der Waals surface area contributed by atoms with Crippen molar-refractivity contribution < 1.29 is 14.3 Å². The molecule has 0 N–H and O–H groups in total. The first kappa shape index (κ1) is 12.6. The first-order chi connectivity index (χ1) is 6.24. The summed E-state index contributed by atoms with van der Waals surface area (Å²) in [6, 6.07) is 0. The Morgan fingerprint density at radius 1 is 1.15 bits per heavy atom. The second-order valence-electron chi connectivity index (χ2n) is 2.83. The highest BCUT2D eigenvalue weighted by molar-refractivity contribution is 5.78. The lowest BCUT2D eigenvalue weighted by Gasteiger charge is -2.15. The Kier molecular flexibility index (Phi) is 7.94. The number of carbonyl (C=O) groups excluding carboxylic acids is 1. The lowest BCUT2D eigenvalue weighted by Crippen LogP contribution is -2.21. The largest absolute Gasteiger partial charge is 0.352 e. The molecule has 0 aliphatic rings. The molecule has 0 aliphatic heterocycles. The van der Waals surface area contributed by atoms with E-state index in [1.165, 1.54) is 0 Å². The Hall–Kier alpha value is -0.410. The second-order valence-corrected chi connectivity index (χ2v) is 2.83. The number of ether oxygens (including phenoxy) is 2. The van der Waals surface area contributed by atoms with Gasteiger partial charge in [0.15, 0.2) is 6.29 Å². The fourth-order valence-corrected chi connectivity index (χ4v) is 1.10. The van der Waals surface area contributed by atoms with Crippen molar-refractivity contribution in [1.82, 2.24) is 0 Å². The molecule has 0 aromatic carbocycles. The van der Waals surface area contributed by atoms with Gasteiger partial charge >= 0.3 is 0 Å². The molecule has 0 atom stereocenters. The Balaban J connectivity index is 3.71. The monoisotopic (exact) mass is 188 g/mol. The van der Waals surface area contributed by atoms with Gasteiger partial charge in [0, 0.05) is 19.6 Å². The van der Waals surface area contributed by atoms with Crippen LogP contribution in [0, 0.1) is 0 Å². The van der Waals surface area contributed by atoms with E-state index in [-0.39, 0.29) is 12.1 Å². The number of hydrogen-bond acceptors (Lipinski definition) is 3. The van der Waals surface area contributed by atoms with Gasteiger partial charge in [0.05, 0.1) is 6.42 Å². The molecule has 0 bridgehead atoms. The summed E-state index contributed by atoms with van der Waals surface area (Å²) in [5.74, 6) is 0.217. The Bertz CT molecular complexity index is 128. The zero-order valence-corrected chi connectivity index (χ0v) is 8.84. The standard InChI is InChI=1S/C10H20O3/c1-4-7-9(11)8-10(12-5-2)13-6-3/h10H,4-8H2,1-3H3. The normalized spacial score (nSPS) is 10.8. The van der Waals surface area contributed by atoms with Crippen LogP contribution >= 0.6 is 0 Å². The average molecular weight is 188 g/mol. The predicted octanol–water partition coefficient (Wildman–Crippen LogP) is 2.14. The van der Waals surface area contributed by atoms with Gasteiger partial charge in [-0.05, 0) is 20.3 Å². The molecule has 0 rings (SSSR count). The highest BCUT2D eigenvalue weighted by atomic mass is 16.7. The lowest BCUT2D eigenvalue weighted by atomic mass is 10.2. The number of rotatable bonds is 8. The van der Waals surface area contributed by atoms with Gasteiger partial charge in [0.25, 0.3) is 0 Å². The van der Waals surface area contributed by atoms with Crippen molar-refractivity contribution in [2.75, 3.05) is 13.2 Å². The van der Waals surface area contributed by atoms with Crippen LogP contribution in [0.1, 0.15) is 40.0 Å². The van der Waals surface area contributed by atoms with Crippen molar-refractivity contribution in [2.45, 2.75) is 46.3 Å². The van der Waals surface area contributed by atoms with Crippen molar-refractivity contribution in [2.24, 2.45) is 0 Å². The topological polar surface area (TPSA) is 35.5 Å². The maximum absolute atomic E-state index is 11.2. The highest BCUT2D eigenvalue weighted by Gasteiger charge is 2.12. The van der Waals surface area contributed by atoms with E-state index in [2.05, 4.69) is 0 Å². The average Bonchev–Trinajstić information content (AvgIpc) is 2.05. The van der Waals surface area contributed by atoms with Gasteiger partial charge in [-0.15, -0.1) is 0 Å². The van der Waals surface area contributed by atoms with Gasteiger partial charge in [-0.25, -0.2) is 0 Å². The molecule has 0 unspecified atom stereocenters. The molecule has 0 fully saturated rings. The van der Waals surface area contributed by atoms with Crippen molar-refractivity contribution >= 4 is 5.78 Å². The summed E-state index contributed by atoms with van der Waals surface area (Å²) in [5.41, 5.74) is 0. The van der Waals surface area contributed by atoms with E-state index in [0.29, 0.717) is 26.1 Å². The number of carbonyl (C=O) groups is 1. The molecule has 3 nitrogen and oxygen atoms in total. The Morgan fingerprint density at radius 2 is 1.69 bits per heavy atom. The SMILES string of the molecule is CCCC(=O)CC(OCC)OCC. The molecule has 0 aromatic heterocycles. The van der Waals surface area contributed by atoms with Gasteiger partial charge in [-0.2, -0.15) is 0 Å². The van der Waals surface area contributed by atoms with E-state index < -0.39 is 0 Å². The summed E-state index contributed by atoms with van der Waals surface area (Å²) in [6.07, 6.45) is 1.56. The molecule has 0 aliphatic carbocycles. The maximum atomic E-state index is 11.2. The zero-order chi connectivity index (χ0) is 10.1. The van der Waals surface area contributed by atoms with Crippen LogP contribution in [-0.4, -0.2) is 25.3 Å². The molecule has 13 heavy (non-hydrogen) atoms. The third kappa shape index (κ3) is 6.72. The maximum Gasteiger partial charge on any atom is 0.164 e. The quantitative estimate of drug-likeness (QED) is 0.547. The molecule has 0 amide bonds. The van der Waals surface area contributed by atoms with E-state index in [1.807, 2.05) is 20.8 Å². The molecular formula is C10H20O3. The molecule has 0 saturated heterocycles. The third-order valence-electron chi connectivity index (χ3n) is 1.63. The Labute approximate surface area is 80.4 Å². The fraction of sp³-hybridized carbons (Fsp3) is 0.900. The molecule has 0 aromatic rings. The number of Topliss-reactive ketones (excluding diaryl/α,β-unsaturated/α-hetero) is 1. The van der Waals surface area contributed by atoms with E-state index in [1.54, 1.807) is 0 Å². The second kappa shape index (κ2) is 8.20.